The van der Waals surface area contributed by atoms with E-state index in [1.807, 2.05) is 30.3 Å². The van der Waals surface area contributed by atoms with Crippen molar-refractivity contribution in [1.29, 1.82) is 0 Å². The second-order valence-corrected chi connectivity index (χ2v) is 6.46. The number of carbonyl (C=O) groups is 1. The summed E-state index contributed by atoms with van der Waals surface area (Å²) >= 11 is 0. The van der Waals surface area contributed by atoms with Gasteiger partial charge in [0, 0.05) is 31.6 Å². The molecule has 1 aromatic carbocycles. The van der Waals surface area contributed by atoms with Crippen LogP contribution < -0.4 is 5.32 Å². The van der Waals surface area contributed by atoms with Crippen LogP contribution in [0.4, 0.5) is 0 Å². The molecule has 0 bridgehead atoms. The number of aromatic nitrogens is 1. The Morgan fingerprint density at radius 2 is 2.04 bits per heavy atom. The predicted molar refractivity (Wildman–Crippen MR) is 92.0 cm³/mol. The van der Waals surface area contributed by atoms with Crippen molar-refractivity contribution in [3.05, 3.63) is 42.1 Å². The monoisotopic (exact) mass is 329 g/mol. The van der Waals surface area contributed by atoms with Crippen LogP contribution in [-0.4, -0.2) is 65.9 Å². The molecule has 1 atom stereocenters. The maximum absolute atomic E-state index is 12.3. The fourth-order valence-corrected chi connectivity index (χ4v) is 2.85. The highest BCUT2D eigenvalue weighted by atomic mass is 16.5. The maximum Gasteiger partial charge on any atom is 0.270 e. The van der Waals surface area contributed by atoms with Gasteiger partial charge in [-0.3, -0.25) is 9.69 Å². The third-order valence-electron chi connectivity index (χ3n) is 4.13. The smallest absolute Gasteiger partial charge is 0.270 e. The highest BCUT2D eigenvalue weighted by Crippen LogP contribution is 2.12. The number of aliphatic hydroxyl groups is 1. The molecule has 2 heterocycles. The Morgan fingerprint density at radius 1 is 1.29 bits per heavy atom. The molecule has 0 saturated carbocycles. The van der Waals surface area contributed by atoms with Gasteiger partial charge in [-0.25, -0.2) is 4.98 Å². The van der Waals surface area contributed by atoms with E-state index < -0.39 is 5.60 Å². The zero-order chi connectivity index (χ0) is 17.0. The van der Waals surface area contributed by atoms with Crippen LogP contribution in [-0.2, 0) is 4.74 Å². The van der Waals surface area contributed by atoms with Gasteiger partial charge in [0.1, 0.15) is 5.69 Å². The molecule has 1 saturated heterocycles. The van der Waals surface area contributed by atoms with Crippen molar-refractivity contribution < 1.29 is 14.6 Å². The lowest BCUT2D eigenvalue weighted by atomic mass is 10.1. The number of nitrogens with one attached hydrogen (secondary N) is 1. The Hall–Kier alpha value is -2.02. The number of fused-ring (bicyclic) bond motifs is 1. The molecule has 2 N–H and O–H groups in total. The molecule has 6 heteroatoms. The van der Waals surface area contributed by atoms with Crippen molar-refractivity contribution in [3.63, 3.8) is 0 Å². The van der Waals surface area contributed by atoms with E-state index in [1.165, 1.54) is 0 Å². The van der Waals surface area contributed by atoms with E-state index in [0.29, 0.717) is 25.5 Å². The quantitative estimate of drug-likeness (QED) is 0.858. The lowest BCUT2D eigenvalue weighted by molar-refractivity contribution is -0.0213. The van der Waals surface area contributed by atoms with Crippen molar-refractivity contribution in [2.45, 2.75) is 12.5 Å². The molecular formula is C18H23N3O3. The van der Waals surface area contributed by atoms with Crippen LogP contribution in [0.3, 0.4) is 0 Å². The lowest BCUT2D eigenvalue weighted by Crippen LogP contribution is -2.51. The van der Waals surface area contributed by atoms with Crippen LogP contribution in [0.2, 0.25) is 0 Å². The Labute approximate surface area is 141 Å². The van der Waals surface area contributed by atoms with Gasteiger partial charge in [0.25, 0.3) is 5.91 Å². The fourth-order valence-electron chi connectivity index (χ4n) is 2.85. The molecule has 1 fully saturated rings. The van der Waals surface area contributed by atoms with Crippen molar-refractivity contribution >= 4 is 16.8 Å². The van der Waals surface area contributed by atoms with Crippen molar-refractivity contribution in [2.75, 3.05) is 39.4 Å². The number of hydrogen-bond donors (Lipinski definition) is 2. The van der Waals surface area contributed by atoms with Gasteiger partial charge in [0.2, 0.25) is 0 Å². The first-order valence-corrected chi connectivity index (χ1v) is 8.20. The summed E-state index contributed by atoms with van der Waals surface area (Å²) in [4.78, 5) is 18.8. The van der Waals surface area contributed by atoms with Crippen LogP contribution in [0.15, 0.2) is 36.4 Å². The predicted octanol–water partition coefficient (Wildman–Crippen LogP) is 1.05. The molecule has 1 aromatic heterocycles. The second kappa shape index (κ2) is 7.25. The highest BCUT2D eigenvalue weighted by Gasteiger charge is 2.26. The number of rotatable bonds is 5. The minimum Gasteiger partial charge on any atom is -0.387 e. The summed E-state index contributed by atoms with van der Waals surface area (Å²) in [6.45, 7) is 5.38. The van der Waals surface area contributed by atoms with Crippen molar-refractivity contribution in [3.8, 4) is 0 Å². The topological polar surface area (TPSA) is 74.7 Å². The van der Waals surface area contributed by atoms with Crippen LogP contribution in [0.25, 0.3) is 10.9 Å². The Balaban J connectivity index is 1.58. The number of hydrogen-bond acceptors (Lipinski definition) is 5. The summed E-state index contributed by atoms with van der Waals surface area (Å²) < 4.78 is 5.30. The number of amides is 1. The molecule has 3 rings (SSSR count). The number of benzene rings is 1. The molecule has 0 radical (unpaired) electrons. The summed E-state index contributed by atoms with van der Waals surface area (Å²) in [7, 11) is 0. The van der Waals surface area contributed by atoms with E-state index in [1.54, 1.807) is 13.0 Å². The highest BCUT2D eigenvalue weighted by molar-refractivity contribution is 5.94. The summed E-state index contributed by atoms with van der Waals surface area (Å²) in [5.41, 5.74) is 0.144. The van der Waals surface area contributed by atoms with Gasteiger partial charge in [-0.15, -0.1) is 0 Å². The SMILES string of the molecule is CC(O)(CNC(=O)c1ccc2ccccc2n1)CN1CCOCC1. The molecular weight excluding hydrogens is 306 g/mol. The van der Waals surface area contributed by atoms with Gasteiger partial charge >= 0.3 is 0 Å². The number of ether oxygens (including phenoxy) is 1. The number of β-amino-alcohol motifs (C(OH)–C–C–N with tert-alkyl or cyclic N) is 1. The minimum absolute atomic E-state index is 0.178. The van der Waals surface area contributed by atoms with Crippen LogP contribution in [0.5, 0.6) is 0 Å². The van der Waals surface area contributed by atoms with Crippen LogP contribution in [0, 0.1) is 0 Å². The number of pyridine rings is 1. The summed E-state index contributed by atoms with van der Waals surface area (Å²) in [6, 6.07) is 11.2. The minimum atomic E-state index is -0.996. The number of para-hydroxylation sites is 1. The molecule has 1 aliphatic rings. The third-order valence-corrected chi connectivity index (χ3v) is 4.13. The van der Waals surface area contributed by atoms with E-state index in [2.05, 4.69) is 15.2 Å². The molecule has 1 aliphatic heterocycles. The van der Waals surface area contributed by atoms with E-state index >= 15 is 0 Å². The summed E-state index contributed by atoms with van der Waals surface area (Å²) in [5, 5.41) is 14.3. The molecule has 24 heavy (non-hydrogen) atoms. The van der Waals surface area contributed by atoms with Gasteiger partial charge in [-0.05, 0) is 19.1 Å². The van der Waals surface area contributed by atoms with Crippen LogP contribution in [0.1, 0.15) is 17.4 Å². The Morgan fingerprint density at radius 3 is 2.83 bits per heavy atom. The number of morpholine rings is 1. The number of nitrogens with zero attached hydrogens (tertiary/aromatic N) is 2. The largest absolute Gasteiger partial charge is 0.387 e. The van der Waals surface area contributed by atoms with Gasteiger partial charge in [0.05, 0.1) is 24.3 Å². The Kier molecular flexibility index (Phi) is 5.08. The zero-order valence-corrected chi connectivity index (χ0v) is 13.9. The summed E-state index contributed by atoms with van der Waals surface area (Å²) in [6.07, 6.45) is 0. The van der Waals surface area contributed by atoms with E-state index in [0.717, 1.165) is 24.0 Å². The standard InChI is InChI=1S/C18H23N3O3/c1-18(23,13-21-8-10-24-11-9-21)12-19-17(22)16-7-6-14-4-2-3-5-15(14)20-16/h2-7,23H,8-13H2,1H3,(H,19,22). The first-order chi connectivity index (χ1) is 11.5. The zero-order valence-electron chi connectivity index (χ0n) is 13.9. The van der Waals surface area contributed by atoms with Gasteiger partial charge in [-0.2, -0.15) is 0 Å². The number of carbonyl (C=O) groups excluding carboxylic acids is 1. The molecule has 0 spiro atoms. The van der Waals surface area contributed by atoms with Gasteiger partial charge in [-0.1, -0.05) is 24.3 Å². The molecule has 2 aromatic rings. The lowest BCUT2D eigenvalue weighted by Gasteiger charge is -2.33. The maximum atomic E-state index is 12.3. The van der Waals surface area contributed by atoms with Crippen molar-refractivity contribution in [2.24, 2.45) is 0 Å². The second-order valence-electron chi connectivity index (χ2n) is 6.46. The van der Waals surface area contributed by atoms with Gasteiger partial charge < -0.3 is 15.2 Å². The van der Waals surface area contributed by atoms with E-state index in [-0.39, 0.29) is 12.5 Å². The van der Waals surface area contributed by atoms with Crippen LogP contribution >= 0.6 is 0 Å². The van der Waals surface area contributed by atoms with Crippen molar-refractivity contribution in [1.82, 2.24) is 15.2 Å². The Bertz CT molecular complexity index is 711. The molecule has 1 amide bonds. The van der Waals surface area contributed by atoms with Gasteiger partial charge in [0.15, 0.2) is 0 Å². The first kappa shape index (κ1) is 16.8. The fraction of sp³-hybridized carbons (Fsp3) is 0.444. The molecule has 6 nitrogen and oxygen atoms in total. The third kappa shape index (κ3) is 4.29. The summed E-state index contributed by atoms with van der Waals surface area (Å²) in [5.74, 6) is -0.275. The molecule has 1 unspecified atom stereocenters. The normalized spacial score (nSPS) is 18.2. The average Bonchev–Trinajstić information content (AvgIpc) is 2.60. The molecule has 128 valence electrons. The van der Waals surface area contributed by atoms with E-state index in [9.17, 15) is 9.90 Å². The van der Waals surface area contributed by atoms with E-state index in [4.69, 9.17) is 4.74 Å². The average molecular weight is 329 g/mol. The first-order valence-electron chi connectivity index (χ1n) is 8.20. The molecule has 0 aliphatic carbocycles.